The van der Waals surface area contributed by atoms with E-state index >= 15 is 0 Å². The summed E-state index contributed by atoms with van der Waals surface area (Å²) in [5.41, 5.74) is 0.651. The molecule has 3 heterocycles. The number of alkyl carbamates (subject to hydrolysis) is 1. The van der Waals surface area contributed by atoms with Gasteiger partial charge in [-0.25, -0.2) is 9.79 Å². The van der Waals surface area contributed by atoms with E-state index in [-0.39, 0.29) is 30.4 Å². The average molecular weight is 607 g/mol. The predicted molar refractivity (Wildman–Crippen MR) is 168 cm³/mol. The topological polar surface area (TPSA) is 122 Å². The van der Waals surface area contributed by atoms with Gasteiger partial charge in [-0.05, 0) is 71.2 Å². The predicted octanol–water partition coefficient (Wildman–Crippen LogP) is 5.54. The maximum absolute atomic E-state index is 13.9. The lowest BCUT2D eigenvalue weighted by molar-refractivity contribution is -0.132. The number of hydrogen-bond donors (Lipinski definition) is 3. The second-order valence-corrected chi connectivity index (χ2v) is 13.5. The molecule has 44 heavy (non-hydrogen) atoms. The first-order chi connectivity index (χ1) is 20.8. The molecular formula is C34H46N4O6. The van der Waals surface area contributed by atoms with Crippen molar-refractivity contribution < 1.29 is 28.9 Å². The average Bonchev–Trinajstić information content (AvgIpc) is 2.96. The van der Waals surface area contributed by atoms with Gasteiger partial charge in [0, 0.05) is 24.1 Å². The Morgan fingerprint density at radius 1 is 1.11 bits per heavy atom. The fourth-order valence-corrected chi connectivity index (χ4v) is 6.26. The fraction of sp³-hybridized carbons (Fsp3) is 0.559. The van der Waals surface area contributed by atoms with Crippen molar-refractivity contribution >= 4 is 18.0 Å². The van der Waals surface area contributed by atoms with Gasteiger partial charge in [-0.2, -0.15) is 0 Å². The van der Waals surface area contributed by atoms with Crippen LogP contribution in [0.15, 0.2) is 47.5 Å². The van der Waals surface area contributed by atoms with Crippen molar-refractivity contribution in [2.24, 2.45) is 4.99 Å². The third-order valence-corrected chi connectivity index (χ3v) is 8.82. The molecule has 0 saturated heterocycles. The number of carbonyl (C=O) groups is 2. The molecule has 0 unspecified atom stereocenters. The zero-order valence-electron chi connectivity index (χ0n) is 26.9. The van der Waals surface area contributed by atoms with Crippen molar-refractivity contribution in [1.82, 2.24) is 15.5 Å². The van der Waals surface area contributed by atoms with E-state index in [1.54, 1.807) is 25.7 Å². The quantitative estimate of drug-likeness (QED) is 0.395. The molecule has 3 aliphatic rings. The number of benzene rings is 2. The molecule has 2 aromatic rings. The van der Waals surface area contributed by atoms with E-state index in [9.17, 15) is 14.7 Å². The van der Waals surface area contributed by atoms with Crippen molar-refractivity contribution in [3.05, 3.63) is 59.2 Å². The molecule has 3 N–H and O–H groups in total. The number of rotatable bonds is 6. The summed E-state index contributed by atoms with van der Waals surface area (Å²) < 4.78 is 17.6. The second-order valence-electron chi connectivity index (χ2n) is 13.5. The fourth-order valence-electron chi connectivity index (χ4n) is 6.26. The minimum Gasteiger partial charge on any atom is -0.493 e. The highest BCUT2D eigenvalue weighted by atomic mass is 16.6. The van der Waals surface area contributed by atoms with Crippen molar-refractivity contribution in [2.45, 2.75) is 116 Å². The summed E-state index contributed by atoms with van der Waals surface area (Å²) in [6, 6.07) is 13.0. The molecule has 10 nitrogen and oxygen atoms in total. The first-order valence-electron chi connectivity index (χ1n) is 15.6. The van der Waals surface area contributed by atoms with Gasteiger partial charge < -0.3 is 24.6 Å². The highest BCUT2D eigenvalue weighted by Gasteiger charge is 2.44. The Balaban J connectivity index is 1.44. The summed E-state index contributed by atoms with van der Waals surface area (Å²) in [6.45, 7) is 14.1. The van der Waals surface area contributed by atoms with E-state index < -0.39 is 28.9 Å². The standard InChI is InChI=1S/C34H46N4O6/c1-8-34(9-2)19-27(39)38(30(37-34)36-31(41)44-32(3,4)5)24-16-17-42-25-15-14-21(18-23(24)25)20-35-28-22-12-10-11-13-26(22)43-33(6,7)29(28)40/h10-15,18,24,28-29,35,40H,8-9,16-17,19-20H2,1-7H3,(H,36,37,41)/t24-,28-,29+/m1/s1. The Kier molecular flexibility index (Phi) is 8.70. The number of nitrogens with zero attached hydrogens (tertiary/aromatic N) is 2. The van der Waals surface area contributed by atoms with Crippen LogP contribution in [0.5, 0.6) is 11.5 Å². The monoisotopic (exact) mass is 606 g/mol. The second kappa shape index (κ2) is 12.0. The number of nitrogens with one attached hydrogen (secondary N) is 2. The maximum atomic E-state index is 13.9. The van der Waals surface area contributed by atoms with Crippen LogP contribution in [0.4, 0.5) is 4.79 Å². The van der Waals surface area contributed by atoms with Crippen LogP contribution >= 0.6 is 0 Å². The Labute approximate surface area is 260 Å². The number of aliphatic hydroxyl groups excluding tert-OH is 1. The van der Waals surface area contributed by atoms with Gasteiger partial charge in [0.2, 0.25) is 11.9 Å². The molecule has 3 aliphatic heterocycles. The highest BCUT2D eigenvalue weighted by Crippen LogP contribution is 2.42. The minimum absolute atomic E-state index is 0.0969. The van der Waals surface area contributed by atoms with Crippen LogP contribution in [0.1, 0.15) is 103 Å². The molecule has 0 aliphatic carbocycles. The lowest BCUT2D eigenvalue weighted by Gasteiger charge is -2.43. The molecule has 0 bridgehead atoms. The van der Waals surface area contributed by atoms with Crippen molar-refractivity contribution in [2.75, 3.05) is 6.61 Å². The summed E-state index contributed by atoms with van der Waals surface area (Å²) in [5.74, 6) is 1.56. The normalized spacial score (nSPS) is 23.8. The van der Waals surface area contributed by atoms with Gasteiger partial charge in [-0.1, -0.05) is 38.1 Å². The van der Waals surface area contributed by atoms with Crippen molar-refractivity contribution in [1.29, 1.82) is 0 Å². The zero-order valence-corrected chi connectivity index (χ0v) is 26.9. The van der Waals surface area contributed by atoms with E-state index in [2.05, 4.69) is 10.6 Å². The molecule has 0 fully saturated rings. The number of aliphatic imine (C=N–C) groups is 1. The Morgan fingerprint density at radius 3 is 2.55 bits per heavy atom. The Hall–Kier alpha value is -3.63. The molecule has 238 valence electrons. The summed E-state index contributed by atoms with van der Waals surface area (Å²) in [4.78, 5) is 33.4. The minimum atomic E-state index is -0.771. The van der Waals surface area contributed by atoms with Crippen LogP contribution < -0.4 is 20.1 Å². The van der Waals surface area contributed by atoms with Gasteiger partial charge in [-0.15, -0.1) is 0 Å². The molecule has 5 rings (SSSR count). The molecule has 0 spiro atoms. The summed E-state index contributed by atoms with van der Waals surface area (Å²) in [5, 5.41) is 17.6. The van der Waals surface area contributed by atoms with E-state index in [1.165, 1.54) is 0 Å². The van der Waals surface area contributed by atoms with Crippen LogP contribution in [0.2, 0.25) is 0 Å². The van der Waals surface area contributed by atoms with E-state index in [1.807, 2.05) is 70.2 Å². The number of para-hydroxylation sites is 1. The van der Waals surface area contributed by atoms with Crippen molar-refractivity contribution in [3.8, 4) is 11.5 Å². The molecule has 10 heteroatoms. The number of hydrogen-bond acceptors (Lipinski definition) is 8. The maximum Gasteiger partial charge on any atom is 0.414 e. The highest BCUT2D eigenvalue weighted by molar-refractivity contribution is 6.05. The zero-order chi connectivity index (χ0) is 31.9. The Morgan fingerprint density at radius 2 is 1.84 bits per heavy atom. The lowest BCUT2D eigenvalue weighted by atomic mass is 9.86. The van der Waals surface area contributed by atoms with Gasteiger partial charge in [0.05, 0.1) is 30.7 Å². The molecule has 2 aromatic carbocycles. The number of amides is 2. The van der Waals surface area contributed by atoms with Gasteiger partial charge in [0.1, 0.15) is 28.8 Å². The van der Waals surface area contributed by atoms with E-state index in [4.69, 9.17) is 19.2 Å². The third kappa shape index (κ3) is 6.42. The van der Waals surface area contributed by atoms with Gasteiger partial charge >= 0.3 is 6.09 Å². The Bertz CT molecular complexity index is 1430. The number of ether oxygens (including phenoxy) is 3. The molecule has 2 amide bonds. The van der Waals surface area contributed by atoms with E-state index in [0.29, 0.717) is 38.2 Å². The molecule has 3 atom stereocenters. The largest absolute Gasteiger partial charge is 0.493 e. The van der Waals surface area contributed by atoms with Crippen molar-refractivity contribution in [3.63, 3.8) is 0 Å². The number of guanidine groups is 1. The van der Waals surface area contributed by atoms with Gasteiger partial charge in [0.25, 0.3) is 0 Å². The van der Waals surface area contributed by atoms with Crippen LogP contribution in [0, 0.1) is 0 Å². The smallest absolute Gasteiger partial charge is 0.414 e. The molecular weight excluding hydrogens is 560 g/mol. The van der Waals surface area contributed by atoms with Gasteiger partial charge in [0.15, 0.2) is 0 Å². The number of fused-ring (bicyclic) bond motifs is 2. The number of aliphatic hydroxyl groups is 1. The first-order valence-corrected chi connectivity index (χ1v) is 15.6. The van der Waals surface area contributed by atoms with Gasteiger partial charge in [-0.3, -0.25) is 15.0 Å². The third-order valence-electron chi connectivity index (χ3n) is 8.82. The van der Waals surface area contributed by atoms with E-state index in [0.717, 1.165) is 22.4 Å². The van der Waals surface area contributed by atoms with Crippen LogP contribution in [-0.2, 0) is 16.1 Å². The SMILES string of the molecule is CCC1(CC)CC(=O)N([C@@H]2CCOc3ccc(CN[C@@H]4c5ccccc5OC(C)(C)[C@H]4O)cc32)C(NC(=O)OC(C)(C)C)=N1. The summed E-state index contributed by atoms with van der Waals surface area (Å²) in [6.07, 6.45) is 0.703. The summed E-state index contributed by atoms with van der Waals surface area (Å²) in [7, 11) is 0. The van der Waals surface area contributed by atoms with Crippen LogP contribution in [-0.4, -0.2) is 57.4 Å². The lowest BCUT2D eigenvalue weighted by Crippen LogP contribution is -2.56. The summed E-state index contributed by atoms with van der Waals surface area (Å²) >= 11 is 0. The first kappa shape index (κ1) is 31.8. The number of carbonyl (C=O) groups excluding carboxylic acids is 2. The van der Waals surface area contributed by atoms with Crippen LogP contribution in [0.3, 0.4) is 0 Å². The molecule has 0 aromatic heterocycles. The van der Waals surface area contributed by atoms with Crippen LogP contribution in [0.25, 0.3) is 0 Å². The molecule has 0 radical (unpaired) electrons. The molecule has 0 saturated carbocycles.